The van der Waals surface area contributed by atoms with Gasteiger partial charge in [-0.25, -0.2) is 4.39 Å². The minimum atomic E-state index is -5.57. The van der Waals surface area contributed by atoms with Crippen molar-refractivity contribution in [3.05, 3.63) is 28.1 Å². The number of nitrogens with zero attached hydrogens (tertiary/aromatic N) is 2. The SMILES string of the molecule is N#Cc1c(N)c(F)c(C(F)(F)F)c(C#N)c1C(F)(F)F. The maximum atomic E-state index is 13.4. The zero-order valence-corrected chi connectivity index (χ0v) is 9.12. The number of benzene rings is 1. The van der Waals surface area contributed by atoms with Crippen molar-refractivity contribution in [3.63, 3.8) is 0 Å². The molecule has 1 rings (SSSR count). The van der Waals surface area contributed by atoms with Gasteiger partial charge in [-0.15, -0.1) is 0 Å². The lowest BCUT2D eigenvalue weighted by Crippen LogP contribution is -2.21. The number of anilines is 1. The minimum absolute atomic E-state index is 0.633. The van der Waals surface area contributed by atoms with E-state index in [-0.39, 0.29) is 0 Å². The molecular formula is C10H2F7N3. The van der Waals surface area contributed by atoms with Gasteiger partial charge < -0.3 is 5.73 Å². The van der Waals surface area contributed by atoms with Crippen LogP contribution in [0.1, 0.15) is 22.3 Å². The van der Waals surface area contributed by atoms with Crippen LogP contribution < -0.4 is 5.73 Å². The summed E-state index contributed by atoms with van der Waals surface area (Å²) in [5.74, 6) is -2.28. The van der Waals surface area contributed by atoms with Crippen molar-refractivity contribution in [3.8, 4) is 12.1 Å². The van der Waals surface area contributed by atoms with Gasteiger partial charge in [-0.1, -0.05) is 0 Å². The van der Waals surface area contributed by atoms with E-state index in [0.717, 1.165) is 6.07 Å². The lowest BCUT2D eigenvalue weighted by atomic mass is 9.94. The predicted octanol–water partition coefficient (Wildman–Crippen LogP) is 3.19. The third-order valence-corrected chi connectivity index (χ3v) is 2.27. The normalized spacial score (nSPS) is 11.8. The molecule has 0 spiro atoms. The minimum Gasteiger partial charge on any atom is -0.395 e. The second-order valence-corrected chi connectivity index (χ2v) is 3.45. The molecule has 0 unspecified atom stereocenters. The molecule has 0 radical (unpaired) electrons. The average Bonchev–Trinajstić information content (AvgIpc) is 2.28. The topological polar surface area (TPSA) is 73.6 Å². The van der Waals surface area contributed by atoms with Crippen LogP contribution >= 0.6 is 0 Å². The first kappa shape index (κ1) is 15.6. The van der Waals surface area contributed by atoms with Crippen molar-refractivity contribution in [2.45, 2.75) is 12.4 Å². The van der Waals surface area contributed by atoms with E-state index < -0.39 is 46.1 Å². The first-order valence-corrected chi connectivity index (χ1v) is 4.56. The van der Waals surface area contributed by atoms with Gasteiger partial charge in [0.25, 0.3) is 0 Å². The molecular weight excluding hydrogens is 295 g/mol. The van der Waals surface area contributed by atoms with Gasteiger partial charge in [-0.3, -0.25) is 0 Å². The molecule has 0 aliphatic carbocycles. The van der Waals surface area contributed by atoms with Gasteiger partial charge in [0.1, 0.15) is 17.7 Å². The summed E-state index contributed by atoms with van der Waals surface area (Å²) in [5, 5.41) is 17.0. The zero-order valence-electron chi connectivity index (χ0n) is 9.12. The molecule has 0 saturated heterocycles. The van der Waals surface area contributed by atoms with Crippen molar-refractivity contribution < 1.29 is 30.7 Å². The summed E-state index contributed by atoms with van der Waals surface area (Å²) in [6, 6.07) is 1.49. The molecule has 1 aromatic carbocycles. The van der Waals surface area contributed by atoms with Crippen LogP contribution in [0.3, 0.4) is 0 Å². The molecule has 0 heterocycles. The van der Waals surface area contributed by atoms with Gasteiger partial charge in [0.2, 0.25) is 0 Å². The number of nitriles is 2. The van der Waals surface area contributed by atoms with E-state index in [1.54, 1.807) is 0 Å². The van der Waals surface area contributed by atoms with Crippen LogP contribution in [0.4, 0.5) is 36.4 Å². The van der Waals surface area contributed by atoms with Gasteiger partial charge in [-0.05, 0) is 0 Å². The van der Waals surface area contributed by atoms with E-state index in [2.05, 4.69) is 0 Å². The van der Waals surface area contributed by atoms with Gasteiger partial charge in [0.15, 0.2) is 5.82 Å². The van der Waals surface area contributed by atoms with E-state index in [4.69, 9.17) is 16.3 Å². The second kappa shape index (κ2) is 4.56. The predicted molar refractivity (Wildman–Crippen MR) is 50.2 cm³/mol. The summed E-state index contributed by atoms with van der Waals surface area (Å²) < 4.78 is 89.3. The van der Waals surface area contributed by atoms with Crippen LogP contribution in [-0.2, 0) is 12.4 Å². The van der Waals surface area contributed by atoms with Crippen LogP contribution in [0.2, 0.25) is 0 Å². The number of hydrogen-bond donors (Lipinski definition) is 1. The first-order chi connectivity index (χ1) is 8.96. The summed E-state index contributed by atoms with van der Waals surface area (Å²) in [5.41, 5.74) is -5.02. The fraction of sp³-hybridized carbons (Fsp3) is 0.200. The fourth-order valence-electron chi connectivity index (χ4n) is 1.52. The van der Waals surface area contributed by atoms with E-state index in [0.29, 0.717) is 6.07 Å². The molecule has 20 heavy (non-hydrogen) atoms. The molecule has 3 nitrogen and oxygen atoms in total. The summed E-state index contributed by atoms with van der Waals surface area (Å²) in [4.78, 5) is 0. The Kier molecular flexibility index (Phi) is 3.55. The maximum Gasteiger partial charge on any atom is 0.420 e. The Morgan fingerprint density at radius 3 is 1.50 bits per heavy atom. The van der Waals surface area contributed by atoms with Gasteiger partial charge >= 0.3 is 12.4 Å². The monoisotopic (exact) mass is 297 g/mol. The molecule has 0 atom stereocenters. The molecule has 0 aliphatic rings. The lowest BCUT2D eigenvalue weighted by molar-refractivity contribution is -0.145. The van der Waals surface area contributed by atoms with E-state index in [1.807, 2.05) is 0 Å². The Morgan fingerprint density at radius 2 is 1.20 bits per heavy atom. The number of nitrogens with two attached hydrogens (primary N) is 1. The van der Waals surface area contributed by atoms with Crippen LogP contribution in [0.25, 0.3) is 0 Å². The molecule has 0 aliphatic heterocycles. The maximum absolute atomic E-state index is 13.4. The van der Waals surface area contributed by atoms with Crippen molar-refractivity contribution in [1.29, 1.82) is 10.5 Å². The summed E-state index contributed by atoms with van der Waals surface area (Å²) >= 11 is 0. The average molecular weight is 297 g/mol. The fourth-order valence-corrected chi connectivity index (χ4v) is 1.52. The molecule has 1 aromatic rings. The molecule has 10 heteroatoms. The molecule has 0 saturated carbocycles. The van der Waals surface area contributed by atoms with Gasteiger partial charge in [-0.2, -0.15) is 36.9 Å². The Labute approximate surface area is 106 Å². The van der Waals surface area contributed by atoms with Crippen LogP contribution in [-0.4, -0.2) is 0 Å². The summed E-state index contributed by atoms with van der Waals surface area (Å²) in [6.07, 6.45) is -11.0. The van der Waals surface area contributed by atoms with Crippen molar-refractivity contribution >= 4 is 5.69 Å². The Hall–Kier alpha value is -2.49. The molecule has 106 valence electrons. The van der Waals surface area contributed by atoms with Crippen molar-refractivity contribution in [2.24, 2.45) is 0 Å². The molecule has 0 aromatic heterocycles. The Morgan fingerprint density at radius 1 is 0.800 bits per heavy atom. The highest BCUT2D eigenvalue weighted by Gasteiger charge is 2.46. The van der Waals surface area contributed by atoms with Gasteiger partial charge in [0, 0.05) is 0 Å². The van der Waals surface area contributed by atoms with E-state index >= 15 is 0 Å². The van der Waals surface area contributed by atoms with Crippen LogP contribution in [0.5, 0.6) is 0 Å². The van der Waals surface area contributed by atoms with Crippen LogP contribution in [0, 0.1) is 28.5 Å². The third kappa shape index (κ3) is 2.32. The molecule has 2 N–H and O–H groups in total. The molecule has 0 fully saturated rings. The number of halogens is 7. The van der Waals surface area contributed by atoms with Crippen molar-refractivity contribution in [2.75, 3.05) is 5.73 Å². The van der Waals surface area contributed by atoms with Crippen LogP contribution in [0.15, 0.2) is 0 Å². The highest BCUT2D eigenvalue weighted by Crippen LogP contribution is 2.44. The molecule has 0 bridgehead atoms. The third-order valence-electron chi connectivity index (χ3n) is 2.27. The summed E-state index contributed by atoms with van der Waals surface area (Å²) in [7, 11) is 0. The van der Waals surface area contributed by atoms with E-state index in [9.17, 15) is 30.7 Å². The standard InChI is InChI=1S/C10H2F7N3/c11-7-6(10(15,16)17)3(1-18)5(9(12,13)14)4(2-19)8(7)20/h20H2. The largest absolute Gasteiger partial charge is 0.420 e. The number of rotatable bonds is 0. The van der Waals surface area contributed by atoms with Gasteiger partial charge in [0.05, 0.1) is 22.4 Å². The number of nitrogen functional groups attached to an aromatic ring is 1. The smallest absolute Gasteiger partial charge is 0.395 e. The highest BCUT2D eigenvalue weighted by molar-refractivity contribution is 5.67. The zero-order chi connectivity index (χ0) is 15.9. The summed E-state index contributed by atoms with van der Waals surface area (Å²) in [6.45, 7) is 0. The number of alkyl halides is 6. The Balaban J connectivity index is 4.10. The Bertz CT molecular complexity index is 644. The first-order valence-electron chi connectivity index (χ1n) is 4.56. The number of hydrogen-bond acceptors (Lipinski definition) is 3. The van der Waals surface area contributed by atoms with Crippen molar-refractivity contribution in [1.82, 2.24) is 0 Å². The molecule has 0 amide bonds. The second-order valence-electron chi connectivity index (χ2n) is 3.45. The van der Waals surface area contributed by atoms with E-state index in [1.165, 1.54) is 0 Å². The lowest BCUT2D eigenvalue weighted by Gasteiger charge is -2.18. The highest BCUT2D eigenvalue weighted by atomic mass is 19.4. The quantitative estimate of drug-likeness (QED) is 0.590.